The van der Waals surface area contributed by atoms with Crippen molar-refractivity contribution in [3.63, 3.8) is 0 Å². The van der Waals surface area contributed by atoms with Crippen LogP contribution in [0.15, 0.2) is 193 Å². The Morgan fingerprint density at radius 3 is 1.35 bits per heavy atom. The number of nitrogens with zero attached hydrogens (tertiary/aromatic N) is 2. The first kappa shape index (κ1) is 29.6. The summed E-state index contributed by atoms with van der Waals surface area (Å²) >= 11 is 4.75. The summed E-state index contributed by atoms with van der Waals surface area (Å²) in [4.78, 5) is 0.974. The third-order valence-corrected chi connectivity index (χ3v) is 10.6. The van der Waals surface area contributed by atoms with Crippen LogP contribution >= 0.6 is 12.6 Å². The highest BCUT2D eigenvalue weighted by atomic mass is 32.1. The van der Waals surface area contributed by atoms with Crippen LogP contribution in [0.3, 0.4) is 0 Å². The van der Waals surface area contributed by atoms with E-state index >= 15 is 0 Å². The maximum Gasteiger partial charge on any atom is 0.0541 e. The molecule has 0 saturated carbocycles. The van der Waals surface area contributed by atoms with Crippen molar-refractivity contribution in [3.8, 4) is 44.8 Å². The van der Waals surface area contributed by atoms with Gasteiger partial charge in [0.1, 0.15) is 0 Å². The zero-order chi connectivity index (χ0) is 33.9. The molecule has 0 radical (unpaired) electrons. The van der Waals surface area contributed by atoms with E-state index in [0.717, 1.165) is 27.4 Å². The van der Waals surface area contributed by atoms with Crippen LogP contribution in [-0.4, -0.2) is 9.13 Å². The van der Waals surface area contributed by atoms with Gasteiger partial charge in [0, 0.05) is 37.8 Å². The molecule has 0 aliphatic heterocycles. The van der Waals surface area contributed by atoms with E-state index in [2.05, 4.69) is 185 Å². The zero-order valence-corrected chi connectivity index (χ0v) is 28.6. The maximum absolute atomic E-state index is 4.75. The Kier molecular flexibility index (Phi) is 6.93. The molecule has 0 bridgehead atoms. The molecular formula is C48H32N2S. The minimum Gasteiger partial charge on any atom is -0.309 e. The molecule has 10 aromatic rings. The number of para-hydroxylation sites is 2. The van der Waals surface area contributed by atoms with E-state index in [1.165, 1.54) is 65.9 Å². The quantitative estimate of drug-likeness (QED) is 0.175. The average molecular weight is 669 g/mol. The standard InChI is InChI=1S/C48H32N2S/c51-48-23-9-6-18-39(48)36-15-11-17-38(29-36)50-45-22-8-5-20-41(45)43-31-35(25-27-47(43)50)34-24-26-46-42(30-34)40-19-4-7-21-44(40)49(46)37-16-10-14-33(28-37)32-12-2-1-3-13-32/h1-31,51H. The van der Waals surface area contributed by atoms with Crippen molar-refractivity contribution in [1.82, 2.24) is 9.13 Å². The Hall–Kier alpha value is -6.29. The molecule has 0 unspecified atom stereocenters. The molecule has 2 aromatic heterocycles. The van der Waals surface area contributed by atoms with Crippen molar-refractivity contribution in [2.75, 3.05) is 0 Å². The molecule has 0 aliphatic carbocycles. The molecule has 8 aromatic carbocycles. The molecule has 240 valence electrons. The van der Waals surface area contributed by atoms with Crippen molar-refractivity contribution in [1.29, 1.82) is 0 Å². The van der Waals surface area contributed by atoms with Gasteiger partial charge >= 0.3 is 0 Å². The Labute approximate surface area is 301 Å². The summed E-state index contributed by atoms with van der Waals surface area (Å²) in [6, 6.07) is 67.9. The molecule has 2 nitrogen and oxygen atoms in total. The number of thiol groups is 1. The van der Waals surface area contributed by atoms with Gasteiger partial charge in [-0.2, -0.15) is 0 Å². The van der Waals surface area contributed by atoms with E-state index in [1.807, 2.05) is 12.1 Å². The van der Waals surface area contributed by atoms with Crippen molar-refractivity contribution in [3.05, 3.63) is 188 Å². The van der Waals surface area contributed by atoms with Gasteiger partial charge in [-0.25, -0.2) is 0 Å². The van der Waals surface area contributed by atoms with Gasteiger partial charge in [-0.3, -0.25) is 0 Å². The van der Waals surface area contributed by atoms with Crippen LogP contribution in [0.25, 0.3) is 88.4 Å². The Bertz CT molecular complexity index is 2930. The van der Waals surface area contributed by atoms with Crippen LogP contribution in [0.1, 0.15) is 0 Å². The second kappa shape index (κ2) is 11.9. The summed E-state index contributed by atoms with van der Waals surface area (Å²) in [6.07, 6.45) is 0. The molecule has 0 atom stereocenters. The van der Waals surface area contributed by atoms with Gasteiger partial charge < -0.3 is 9.13 Å². The summed E-state index contributed by atoms with van der Waals surface area (Å²) in [5, 5.41) is 4.98. The van der Waals surface area contributed by atoms with Gasteiger partial charge in [0.2, 0.25) is 0 Å². The van der Waals surface area contributed by atoms with Gasteiger partial charge in [0.05, 0.1) is 22.1 Å². The molecule has 0 fully saturated rings. The van der Waals surface area contributed by atoms with Gasteiger partial charge in [-0.05, 0) is 100 Å². The lowest BCUT2D eigenvalue weighted by atomic mass is 10.0. The molecule has 0 aliphatic rings. The fraction of sp³-hybridized carbons (Fsp3) is 0. The smallest absolute Gasteiger partial charge is 0.0541 e. The Morgan fingerprint density at radius 1 is 0.294 bits per heavy atom. The second-order valence-corrected chi connectivity index (χ2v) is 13.6. The lowest BCUT2D eigenvalue weighted by molar-refractivity contribution is 1.18. The van der Waals surface area contributed by atoms with Gasteiger partial charge in [0.25, 0.3) is 0 Å². The summed E-state index contributed by atoms with van der Waals surface area (Å²) in [7, 11) is 0. The van der Waals surface area contributed by atoms with Crippen LogP contribution in [0.5, 0.6) is 0 Å². The normalized spacial score (nSPS) is 11.6. The highest BCUT2D eigenvalue weighted by molar-refractivity contribution is 7.80. The molecule has 0 spiro atoms. The first-order valence-electron chi connectivity index (χ1n) is 17.3. The number of rotatable bonds is 5. The number of hydrogen-bond donors (Lipinski definition) is 1. The summed E-state index contributed by atoms with van der Waals surface area (Å²) < 4.78 is 4.79. The van der Waals surface area contributed by atoms with E-state index in [1.54, 1.807) is 0 Å². The molecular weight excluding hydrogens is 637 g/mol. The molecule has 3 heteroatoms. The Morgan fingerprint density at radius 2 is 0.745 bits per heavy atom. The van der Waals surface area contributed by atoms with Gasteiger partial charge in [0.15, 0.2) is 0 Å². The average Bonchev–Trinajstić information content (AvgIpc) is 3.71. The van der Waals surface area contributed by atoms with Crippen molar-refractivity contribution in [2.45, 2.75) is 4.90 Å². The van der Waals surface area contributed by atoms with Crippen LogP contribution in [-0.2, 0) is 0 Å². The number of aromatic nitrogens is 2. The topological polar surface area (TPSA) is 9.86 Å². The lowest BCUT2D eigenvalue weighted by Crippen LogP contribution is -1.94. The third-order valence-electron chi connectivity index (χ3n) is 10.2. The van der Waals surface area contributed by atoms with Crippen LogP contribution in [0.2, 0.25) is 0 Å². The van der Waals surface area contributed by atoms with Crippen molar-refractivity contribution < 1.29 is 0 Å². The molecule has 0 saturated heterocycles. The first-order valence-corrected chi connectivity index (χ1v) is 17.8. The zero-order valence-electron chi connectivity index (χ0n) is 27.7. The highest BCUT2D eigenvalue weighted by Gasteiger charge is 2.17. The van der Waals surface area contributed by atoms with E-state index in [4.69, 9.17) is 12.6 Å². The van der Waals surface area contributed by atoms with Crippen LogP contribution in [0, 0.1) is 0 Å². The molecule has 0 N–H and O–H groups in total. The van der Waals surface area contributed by atoms with Gasteiger partial charge in [-0.15, -0.1) is 12.6 Å². The van der Waals surface area contributed by atoms with E-state index in [9.17, 15) is 0 Å². The van der Waals surface area contributed by atoms with E-state index in [-0.39, 0.29) is 0 Å². The summed E-state index contributed by atoms with van der Waals surface area (Å²) in [5.74, 6) is 0. The van der Waals surface area contributed by atoms with E-state index < -0.39 is 0 Å². The lowest BCUT2D eigenvalue weighted by Gasteiger charge is -2.12. The van der Waals surface area contributed by atoms with Crippen LogP contribution in [0.4, 0.5) is 0 Å². The number of hydrogen-bond acceptors (Lipinski definition) is 1. The summed E-state index contributed by atoms with van der Waals surface area (Å²) in [6.45, 7) is 0. The monoisotopic (exact) mass is 668 g/mol. The molecule has 0 amide bonds. The Balaban J connectivity index is 1.12. The predicted octanol–water partition coefficient (Wildman–Crippen LogP) is 13.2. The summed E-state index contributed by atoms with van der Waals surface area (Å²) in [5.41, 5.74) is 14.2. The minimum atomic E-state index is 0.974. The number of fused-ring (bicyclic) bond motifs is 6. The van der Waals surface area contributed by atoms with E-state index in [0.29, 0.717) is 0 Å². The van der Waals surface area contributed by atoms with Crippen molar-refractivity contribution in [2.24, 2.45) is 0 Å². The maximum atomic E-state index is 4.75. The van der Waals surface area contributed by atoms with Crippen LogP contribution < -0.4 is 0 Å². The fourth-order valence-electron chi connectivity index (χ4n) is 7.85. The molecule has 2 heterocycles. The highest BCUT2D eigenvalue weighted by Crippen LogP contribution is 2.39. The largest absolute Gasteiger partial charge is 0.309 e. The third kappa shape index (κ3) is 4.89. The van der Waals surface area contributed by atoms with Gasteiger partial charge in [-0.1, -0.05) is 121 Å². The fourth-order valence-corrected chi connectivity index (χ4v) is 8.14. The molecule has 10 rings (SSSR count). The minimum absolute atomic E-state index is 0.974. The van der Waals surface area contributed by atoms with Crippen molar-refractivity contribution >= 4 is 56.2 Å². The second-order valence-electron chi connectivity index (χ2n) is 13.2. The number of benzene rings is 8. The first-order chi connectivity index (χ1) is 25.2. The molecule has 51 heavy (non-hydrogen) atoms. The predicted molar refractivity (Wildman–Crippen MR) is 219 cm³/mol. The SMILES string of the molecule is Sc1ccccc1-c1cccc(-n2c3ccccc3c3cc(-c4ccc5c(c4)c4ccccc4n5-c4cccc(-c5ccccc5)c4)ccc32)c1.